The van der Waals surface area contributed by atoms with Crippen molar-refractivity contribution in [1.29, 1.82) is 0 Å². The maximum absolute atomic E-state index is 12.8. The highest BCUT2D eigenvalue weighted by molar-refractivity contribution is 7.98. The number of halogens is 1. The molecule has 2 rings (SSSR count). The van der Waals surface area contributed by atoms with E-state index in [1.807, 2.05) is 20.1 Å². The largest absolute Gasteiger partial charge is 0.327 e. The van der Waals surface area contributed by atoms with Crippen molar-refractivity contribution >= 4 is 33.4 Å². The Bertz CT molecular complexity index is 632. The van der Waals surface area contributed by atoms with E-state index in [1.54, 1.807) is 12.1 Å². The Morgan fingerprint density at radius 3 is 2.62 bits per heavy atom. The maximum atomic E-state index is 12.8. The molecule has 1 fully saturated rings. The predicted octanol–water partition coefficient (Wildman–Crippen LogP) is 2.81. The highest BCUT2D eigenvalue weighted by atomic mass is 35.5. The second-order valence-electron chi connectivity index (χ2n) is 6.02. The number of hydrogen-bond donors (Lipinski definition) is 1. The van der Waals surface area contributed by atoms with Crippen molar-refractivity contribution in [2.45, 2.75) is 36.1 Å². The molecule has 1 heterocycles. The van der Waals surface area contributed by atoms with E-state index in [4.69, 9.17) is 17.3 Å². The predicted molar refractivity (Wildman–Crippen MR) is 88.4 cm³/mol. The Morgan fingerprint density at radius 1 is 1.43 bits per heavy atom. The lowest BCUT2D eigenvalue weighted by atomic mass is 9.81. The molecular formula is C14H21ClN2O2S2. The molecule has 0 aliphatic carbocycles. The molecule has 0 saturated carbocycles. The Kier molecular flexibility index (Phi) is 4.95. The zero-order valence-corrected chi connectivity index (χ0v) is 14.9. The molecule has 0 amide bonds. The molecule has 1 aliphatic rings. The summed E-state index contributed by atoms with van der Waals surface area (Å²) in [6, 6.07) is 4.92. The molecule has 1 unspecified atom stereocenters. The fourth-order valence-electron chi connectivity index (χ4n) is 2.49. The summed E-state index contributed by atoms with van der Waals surface area (Å²) in [6.07, 6.45) is 2.58. The van der Waals surface area contributed by atoms with Gasteiger partial charge in [-0.25, -0.2) is 8.42 Å². The van der Waals surface area contributed by atoms with Crippen molar-refractivity contribution in [3.63, 3.8) is 0 Å². The first-order valence-corrected chi connectivity index (χ1v) is 9.82. The Morgan fingerprint density at radius 2 is 2.10 bits per heavy atom. The third-order valence-corrected chi connectivity index (χ3v) is 7.10. The molecule has 1 aromatic rings. The third kappa shape index (κ3) is 3.40. The number of nitrogens with zero attached hydrogens (tertiary/aromatic N) is 1. The van der Waals surface area contributed by atoms with Crippen LogP contribution in [0.1, 0.15) is 20.3 Å². The minimum Gasteiger partial charge on any atom is -0.327 e. The van der Waals surface area contributed by atoms with Crippen LogP contribution in [-0.2, 0) is 10.0 Å². The van der Waals surface area contributed by atoms with E-state index in [0.29, 0.717) is 24.5 Å². The lowest BCUT2D eigenvalue weighted by Gasteiger charge is -2.41. The number of nitrogens with two attached hydrogens (primary N) is 1. The fraction of sp³-hybridized carbons (Fsp3) is 0.571. The SMILES string of the molecule is CSc1ccc(S(=O)(=O)N2CCC(N)C(C)(C)C2)cc1Cl. The van der Waals surface area contributed by atoms with Crippen LogP contribution in [0, 0.1) is 5.41 Å². The normalized spacial score (nSPS) is 23.2. The van der Waals surface area contributed by atoms with Crippen LogP contribution >= 0.6 is 23.4 Å². The zero-order valence-electron chi connectivity index (χ0n) is 12.5. The van der Waals surface area contributed by atoms with Crippen molar-refractivity contribution in [2.75, 3.05) is 19.3 Å². The molecule has 1 atom stereocenters. The summed E-state index contributed by atoms with van der Waals surface area (Å²) in [5.41, 5.74) is 5.85. The molecule has 21 heavy (non-hydrogen) atoms. The van der Waals surface area contributed by atoms with Gasteiger partial charge in [0.15, 0.2) is 0 Å². The summed E-state index contributed by atoms with van der Waals surface area (Å²) >= 11 is 7.62. The molecule has 1 aliphatic heterocycles. The van der Waals surface area contributed by atoms with Gasteiger partial charge in [-0.3, -0.25) is 0 Å². The summed E-state index contributed by atoms with van der Waals surface area (Å²) in [5, 5.41) is 0.469. The van der Waals surface area contributed by atoms with Gasteiger partial charge in [0.2, 0.25) is 10.0 Å². The molecule has 2 N–H and O–H groups in total. The Labute approximate surface area is 136 Å². The first kappa shape index (κ1) is 17.1. The van der Waals surface area contributed by atoms with Gasteiger partial charge in [-0.15, -0.1) is 11.8 Å². The van der Waals surface area contributed by atoms with Crippen LogP contribution in [0.25, 0.3) is 0 Å². The van der Waals surface area contributed by atoms with Gasteiger partial charge < -0.3 is 5.73 Å². The van der Waals surface area contributed by atoms with Gasteiger partial charge in [0.25, 0.3) is 0 Å². The molecule has 0 spiro atoms. The second kappa shape index (κ2) is 6.08. The van der Waals surface area contributed by atoms with Gasteiger partial charge >= 0.3 is 0 Å². The minimum absolute atomic E-state index is 0.0198. The quantitative estimate of drug-likeness (QED) is 0.853. The van der Waals surface area contributed by atoms with Crippen LogP contribution in [0.4, 0.5) is 0 Å². The van der Waals surface area contributed by atoms with Crippen molar-refractivity contribution < 1.29 is 8.42 Å². The molecule has 1 aromatic carbocycles. The van der Waals surface area contributed by atoms with Crippen LogP contribution in [0.5, 0.6) is 0 Å². The van der Waals surface area contributed by atoms with Gasteiger partial charge in [0.1, 0.15) is 0 Å². The Balaban J connectivity index is 2.32. The summed E-state index contributed by atoms with van der Waals surface area (Å²) < 4.78 is 27.0. The molecule has 0 bridgehead atoms. The molecular weight excluding hydrogens is 328 g/mol. The molecule has 118 valence electrons. The standard InChI is InChI=1S/C14H21ClN2O2S2/c1-14(2)9-17(7-6-13(14)16)21(18,19)10-4-5-12(20-3)11(15)8-10/h4-5,8,13H,6-7,9,16H2,1-3H3. The van der Waals surface area contributed by atoms with E-state index in [9.17, 15) is 8.42 Å². The average molecular weight is 349 g/mol. The van der Waals surface area contributed by atoms with Crippen molar-refractivity contribution in [3.8, 4) is 0 Å². The number of sulfonamides is 1. The molecule has 0 radical (unpaired) electrons. The summed E-state index contributed by atoms with van der Waals surface area (Å²) in [5.74, 6) is 0. The Hall–Kier alpha value is -0.270. The van der Waals surface area contributed by atoms with Crippen LogP contribution in [-0.4, -0.2) is 38.1 Å². The molecule has 7 heteroatoms. The highest BCUT2D eigenvalue weighted by Gasteiger charge is 2.38. The fourth-order valence-corrected chi connectivity index (χ4v) is 5.07. The van der Waals surface area contributed by atoms with Gasteiger partial charge in [0, 0.05) is 24.0 Å². The minimum atomic E-state index is -3.52. The van der Waals surface area contributed by atoms with Crippen LogP contribution in [0.3, 0.4) is 0 Å². The van der Waals surface area contributed by atoms with Gasteiger partial charge in [0.05, 0.1) is 9.92 Å². The van der Waals surface area contributed by atoms with Crippen molar-refractivity contribution in [3.05, 3.63) is 23.2 Å². The van der Waals surface area contributed by atoms with Gasteiger partial charge in [-0.05, 0) is 36.3 Å². The molecule has 1 saturated heterocycles. The summed E-state index contributed by atoms with van der Waals surface area (Å²) in [6.45, 7) is 4.89. The van der Waals surface area contributed by atoms with Crippen LogP contribution < -0.4 is 5.73 Å². The first-order chi connectivity index (χ1) is 9.68. The number of piperidine rings is 1. The number of hydrogen-bond acceptors (Lipinski definition) is 4. The topological polar surface area (TPSA) is 63.4 Å². The maximum Gasteiger partial charge on any atom is 0.243 e. The van der Waals surface area contributed by atoms with E-state index in [1.165, 1.54) is 22.1 Å². The summed E-state index contributed by atoms with van der Waals surface area (Å²) in [4.78, 5) is 1.12. The number of rotatable bonds is 3. The average Bonchev–Trinajstić information content (AvgIpc) is 2.41. The van der Waals surface area contributed by atoms with Gasteiger partial charge in [-0.1, -0.05) is 25.4 Å². The van der Waals surface area contributed by atoms with Crippen LogP contribution in [0.2, 0.25) is 5.02 Å². The van der Waals surface area contributed by atoms with E-state index in [0.717, 1.165) is 4.90 Å². The lowest BCUT2D eigenvalue weighted by molar-refractivity contribution is 0.155. The van der Waals surface area contributed by atoms with Gasteiger partial charge in [-0.2, -0.15) is 4.31 Å². The smallest absolute Gasteiger partial charge is 0.243 e. The lowest BCUT2D eigenvalue weighted by Crippen LogP contribution is -2.53. The number of thioether (sulfide) groups is 1. The molecule has 4 nitrogen and oxygen atoms in total. The van der Waals surface area contributed by atoms with Crippen molar-refractivity contribution in [2.24, 2.45) is 11.1 Å². The molecule has 0 aromatic heterocycles. The van der Waals surface area contributed by atoms with Crippen LogP contribution in [0.15, 0.2) is 28.0 Å². The van der Waals surface area contributed by atoms with E-state index in [-0.39, 0.29) is 16.4 Å². The highest BCUT2D eigenvalue weighted by Crippen LogP contribution is 2.33. The number of benzene rings is 1. The van der Waals surface area contributed by atoms with E-state index < -0.39 is 10.0 Å². The third-order valence-electron chi connectivity index (χ3n) is 4.04. The first-order valence-electron chi connectivity index (χ1n) is 6.78. The zero-order chi connectivity index (χ0) is 15.8. The van der Waals surface area contributed by atoms with Crippen molar-refractivity contribution in [1.82, 2.24) is 4.31 Å². The second-order valence-corrected chi connectivity index (χ2v) is 9.21. The van der Waals surface area contributed by atoms with E-state index in [2.05, 4.69) is 0 Å². The van der Waals surface area contributed by atoms with E-state index >= 15 is 0 Å². The summed E-state index contributed by atoms with van der Waals surface area (Å²) in [7, 11) is -3.52. The monoisotopic (exact) mass is 348 g/mol.